The van der Waals surface area contributed by atoms with E-state index in [9.17, 15) is 19.0 Å². The number of alkyl halides is 2. The van der Waals surface area contributed by atoms with Crippen LogP contribution in [0, 0.1) is 5.92 Å². The van der Waals surface area contributed by atoms with Crippen molar-refractivity contribution < 1.29 is 19.0 Å². The van der Waals surface area contributed by atoms with E-state index in [2.05, 4.69) is 4.90 Å². The summed E-state index contributed by atoms with van der Waals surface area (Å²) in [6.45, 7) is 1.73. The van der Waals surface area contributed by atoms with Crippen molar-refractivity contribution in [3.05, 3.63) is 0 Å². The molecule has 0 spiro atoms. The van der Waals surface area contributed by atoms with Gasteiger partial charge < -0.3 is 10.2 Å². The first-order valence-corrected chi connectivity index (χ1v) is 7.41. The van der Waals surface area contributed by atoms with Crippen LogP contribution < -0.4 is 0 Å². The van der Waals surface area contributed by atoms with Crippen LogP contribution in [0.4, 0.5) is 8.78 Å². The Hall–Kier alpha value is -0.260. The molecule has 0 aromatic rings. The van der Waals surface area contributed by atoms with Gasteiger partial charge in [-0.15, -0.1) is 0 Å². The van der Waals surface area contributed by atoms with Crippen molar-refractivity contribution in [2.75, 3.05) is 19.7 Å². The number of likely N-dealkylation sites (tertiary alicyclic amines) is 1. The first-order chi connectivity index (χ1) is 9.00. The van der Waals surface area contributed by atoms with Crippen LogP contribution in [0.1, 0.15) is 44.9 Å². The Morgan fingerprint density at radius 2 is 1.84 bits per heavy atom. The molecule has 1 heterocycles. The third-order valence-corrected chi connectivity index (χ3v) is 4.68. The molecule has 19 heavy (non-hydrogen) atoms. The predicted molar refractivity (Wildman–Crippen MR) is 69.2 cm³/mol. The molecule has 2 N–H and O–H groups in total. The van der Waals surface area contributed by atoms with Crippen molar-refractivity contribution in [2.24, 2.45) is 5.92 Å². The second-order valence-corrected chi connectivity index (χ2v) is 6.14. The van der Waals surface area contributed by atoms with Gasteiger partial charge in [0.1, 0.15) is 0 Å². The van der Waals surface area contributed by atoms with Crippen molar-refractivity contribution >= 4 is 0 Å². The molecule has 0 radical (unpaired) electrons. The van der Waals surface area contributed by atoms with E-state index < -0.39 is 5.92 Å². The van der Waals surface area contributed by atoms with Crippen LogP contribution in [0.25, 0.3) is 0 Å². The second-order valence-electron chi connectivity index (χ2n) is 6.14. The first-order valence-electron chi connectivity index (χ1n) is 7.41. The third kappa shape index (κ3) is 4.36. The summed E-state index contributed by atoms with van der Waals surface area (Å²) in [6.07, 6.45) is 3.29. The average Bonchev–Trinajstić information content (AvgIpc) is 2.38. The Morgan fingerprint density at radius 3 is 2.47 bits per heavy atom. The summed E-state index contributed by atoms with van der Waals surface area (Å²) in [5, 5.41) is 18.9. The van der Waals surface area contributed by atoms with E-state index in [4.69, 9.17) is 0 Å². The Balaban J connectivity index is 1.73. The zero-order valence-electron chi connectivity index (χ0n) is 11.4. The van der Waals surface area contributed by atoms with Gasteiger partial charge in [0, 0.05) is 25.4 Å². The van der Waals surface area contributed by atoms with Gasteiger partial charge in [-0.1, -0.05) is 0 Å². The van der Waals surface area contributed by atoms with Crippen LogP contribution in [-0.2, 0) is 0 Å². The molecule has 112 valence electrons. The van der Waals surface area contributed by atoms with E-state index in [1.54, 1.807) is 0 Å². The van der Waals surface area contributed by atoms with Crippen LogP contribution in [-0.4, -0.2) is 52.9 Å². The highest BCUT2D eigenvalue weighted by molar-refractivity contribution is 4.83. The number of hydrogen-bond acceptors (Lipinski definition) is 3. The van der Waals surface area contributed by atoms with Crippen LogP contribution in [0.3, 0.4) is 0 Å². The number of rotatable bonds is 4. The van der Waals surface area contributed by atoms with Gasteiger partial charge in [0.15, 0.2) is 0 Å². The van der Waals surface area contributed by atoms with E-state index in [1.165, 1.54) is 0 Å². The fraction of sp³-hybridized carbons (Fsp3) is 1.00. The summed E-state index contributed by atoms with van der Waals surface area (Å²) in [5.41, 5.74) is 0. The van der Waals surface area contributed by atoms with Gasteiger partial charge in [0.2, 0.25) is 5.92 Å². The molecular weight excluding hydrogens is 252 g/mol. The molecule has 2 atom stereocenters. The quantitative estimate of drug-likeness (QED) is 0.826. The number of nitrogens with zero attached hydrogens (tertiary/aromatic N) is 1. The highest BCUT2D eigenvalue weighted by Gasteiger charge is 2.35. The van der Waals surface area contributed by atoms with Crippen molar-refractivity contribution in [1.29, 1.82) is 0 Å². The molecule has 1 aliphatic heterocycles. The summed E-state index contributed by atoms with van der Waals surface area (Å²) in [4.78, 5) is 2.21. The average molecular weight is 277 g/mol. The molecule has 2 fully saturated rings. The monoisotopic (exact) mass is 277 g/mol. The fourth-order valence-corrected chi connectivity index (χ4v) is 3.30. The lowest BCUT2D eigenvalue weighted by Crippen LogP contribution is -2.47. The molecule has 2 aliphatic rings. The van der Waals surface area contributed by atoms with E-state index in [0.29, 0.717) is 25.2 Å². The maximum Gasteiger partial charge on any atom is 0.248 e. The maximum absolute atomic E-state index is 13.1. The summed E-state index contributed by atoms with van der Waals surface area (Å²) in [7, 11) is 0. The SMILES string of the molecule is OCC1CC(O)CCN1CCC1CCC(F)(F)CC1. The molecule has 0 amide bonds. The topological polar surface area (TPSA) is 43.7 Å². The standard InChI is InChI=1S/C14H25F2NO2/c15-14(16)5-1-11(2-6-14)3-7-17-8-4-13(19)9-12(17)10-18/h11-13,18-19H,1-10H2. The van der Waals surface area contributed by atoms with Gasteiger partial charge in [0.05, 0.1) is 12.7 Å². The van der Waals surface area contributed by atoms with Crippen molar-refractivity contribution in [3.63, 3.8) is 0 Å². The van der Waals surface area contributed by atoms with Gasteiger partial charge >= 0.3 is 0 Å². The lowest BCUT2D eigenvalue weighted by Gasteiger charge is -2.38. The zero-order chi connectivity index (χ0) is 13.9. The molecule has 2 unspecified atom stereocenters. The normalized spacial score (nSPS) is 33.5. The summed E-state index contributed by atoms with van der Waals surface area (Å²) >= 11 is 0. The van der Waals surface area contributed by atoms with Gasteiger partial charge in [-0.3, -0.25) is 4.90 Å². The number of piperidine rings is 1. The van der Waals surface area contributed by atoms with Crippen LogP contribution in [0.2, 0.25) is 0 Å². The summed E-state index contributed by atoms with van der Waals surface area (Å²) in [5.74, 6) is -2.05. The van der Waals surface area contributed by atoms with E-state index in [0.717, 1.165) is 25.9 Å². The second kappa shape index (κ2) is 6.46. The molecule has 1 saturated heterocycles. The molecule has 2 rings (SSSR count). The first kappa shape index (κ1) is 15.1. The summed E-state index contributed by atoms with van der Waals surface area (Å²) < 4.78 is 26.1. The minimum atomic E-state index is -2.45. The van der Waals surface area contributed by atoms with Crippen molar-refractivity contribution in [2.45, 2.75) is 63.0 Å². The fourth-order valence-electron chi connectivity index (χ4n) is 3.30. The van der Waals surface area contributed by atoms with Crippen molar-refractivity contribution in [3.8, 4) is 0 Å². The minimum absolute atomic E-state index is 0.0276. The maximum atomic E-state index is 13.1. The van der Waals surface area contributed by atoms with Gasteiger partial charge in [0.25, 0.3) is 0 Å². The van der Waals surface area contributed by atoms with Crippen molar-refractivity contribution in [1.82, 2.24) is 4.90 Å². The zero-order valence-corrected chi connectivity index (χ0v) is 11.4. The van der Waals surface area contributed by atoms with Gasteiger partial charge in [-0.2, -0.15) is 0 Å². The highest BCUT2D eigenvalue weighted by Crippen LogP contribution is 2.37. The molecule has 0 aromatic heterocycles. The Morgan fingerprint density at radius 1 is 1.16 bits per heavy atom. The third-order valence-electron chi connectivity index (χ3n) is 4.68. The lowest BCUT2D eigenvalue weighted by atomic mass is 9.84. The van der Waals surface area contributed by atoms with E-state index in [-0.39, 0.29) is 31.6 Å². The highest BCUT2D eigenvalue weighted by atomic mass is 19.3. The number of halogens is 2. The molecule has 5 heteroatoms. The largest absolute Gasteiger partial charge is 0.395 e. The molecule has 0 bridgehead atoms. The smallest absolute Gasteiger partial charge is 0.248 e. The Labute approximate surface area is 113 Å². The number of aliphatic hydroxyl groups is 2. The molecule has 1 saturated carbocycles. The van der Waals surface area contributed by atoms with Crippen LogP contribution >= 0.6 is 0 Å². The van der Waals surface area contributed by atoms with E-state index in [1.807, 2.05) is 0 Å². The predicted octanol–water partition coefficient (Wildman–Crippen LogP) is 2.02. The molecule has 3 nitrogen and oxygen atoms in total. The van der Waals surface area contributed by atoms with Gasteiger partial charge in [-0.25, -0.2) is 8.78 Å². The van der Waals surface area contributed by atoms with Crippen LogP contribution in [0.5, 0.6) is 0 Å². The molecular formula is C14H25F2NO2. The Kier molecular flexibility index (Phi) is 5.15. The Bertz CT molecular complexity index is 279. The van der Waals surface area contributed by atoms with Crippen LogP contribution in [0.15, 0.2) is 0 Å². The molecule has 0 aromatic carbocycles. The van der Waals surface area contributed by atoms with E-state index >= 15 is 0 Å². The molecule has 1 aliphatic carbocycles. The number of aliphatic hydroxyl groups excluding tert-OH is 2. The minimum Gasteiger partial charge on any atom is -0.395 e. The lowest BCUT2D eigenvalue weighted by molar-refractivity contribution is -0.0489. The summed E-state index contributed by atoms with van der Waals surface area (Å²) in [6, 6.07) is 0.0359. The van der Waals surface area contributed by atoms with Gasteiger partial charge in [-0.05, 0) is 44.6 Å². The number of hydrogen-bond donors (Lipinski definition) is 2.